The normalized spacial score (nSPS) is 12.3. The van der Waals surface area contributed by atoms with Crippen LogP contribution in [0.2, 0.25) is 0 Å². The number of nitrogens with two attached hydrogens (primary N) is 1. The summed E-state index contributed by atoms with van der Waals surface area (Å²) in [6.07, 6.45) is 0.0392. The lowest BCUT2D eigenvalue weighted by atomic mass is 10.1. The van der Waals surface area contributed by atoms with Gasteiger partial charge in [0, 0.05) is 12.2 Å². The van der Waals surface area contributed by atoms with Gasteiger partial charge in [0.2, 0.25) is 0 Å². The molecule has 0 saturated heterocycles. The van der Waals surface area contributed by atoms with E-state index in [1.165, 1.54) is 0 Å². The van der Waals surface area contributed by atoms with E-state index in [1.54, 1.807) is 4.68 Å². The number of tetrazole rings is 1. The van der Waals surface area contributed by atoms with Gasteiger partial charge in [-0.05, 0) is 49.4 Å². The van der Waals surface area contributed by atoms with Crippen LogP contribution in [0.15, 0.2) is 18.2 Å². The second kappa shape index (κ2) is 7.03. The van der Waals surface area contributed by atoms with Gasteiger partial charge in [-0.25, -0.2) is 4.68 Å². The standard InChI is InChI=1S/C14H21N5O2/c1-4-20-10(3)9-19-14(16-17-18-19)11-6-7-13(21-5-2)12(15)8-11/h6-8,10H,4-5,9,15H2,1-3H3. The average molecular weight is 291 g/mol. The third kappa shape index (κ3) is 3.69. The SMILES string of the molecule is CCOc1ccc(-c2nnnn2CC(C)OCC)cc1N. The zero-order valence-electron chi connectivity index (χ0n) is 12.6. The summed E-state index contributed by atoms with van der Waals surface area (Å²) in [6, 6.07) is 5.55. The molecule has 0 radical (unpaired) electrons. The fourth-order valence-corrected chi connectivity index (χ4v) is 2.09. The molecule has 1 atom stereocenters. The molecule has 21 heavy (non-hydrogen) atoms. The Kier molecular flexibility index (Phi) is 5.10. The molecule has 0 aliphatic carbocycles. The first-order valence-electron chi connectivity index (χ1n) is 7.06. The number of anilines is 1. The lowest BCUT2D eigenvalue weighted by molar-refractivity contribution is 0.0614. The minimum atomic E-state index is 0.0392. The number of hydrogen-bond acceptors (Lipinski definition) is 6. The van der Waals surface area contributed by atoms with Crippen LogP contribution in [-0.2, 0) is 11.3 Å². The first-order chi connectivity index (χ1) is 10.2. The Bertz CT molecular complexity index is 584. The number of ether oxygens (including phenoxy) is 2. The van der Waals surface area contributed by atoms with Gasteiger partial charge < -0.3 is 15.2 Å². The summed E-state index contributed by atoms with van der Waals surface area (Å²) in [4.78, 5) is 0. The van der Waals surface area contributed by atoms with Crippen molar-refractivity contribution in [3.05, 3.63) is 18.2 Å². The molecule has 2 aromatic rings. The first-order valence-corrected chi connectivity index (χ1v) is 7.06. The van der Waals surface area contributed by atoms with Crippen LogP contribution in [0.5, 0.6) is 5.75 Å². The molecule has 7 nitrogen and oxygen atoms in total. The molecular formula is C14H21N5O2. The van der Waals surface area contributed by atoms with E-state index in [-0.39, 0.29) is 6.10 Å². The highest BCUT2D eigenvalue weighted by molar-refractivity contribution is 5.66. The van der Waals surface area contributed by atoms with Crippen molar-refractivity contribution < 1.29 is 9.47 Å². The van der Waals surface area contributed by atoms with Crippen molar-refractivity contribution in [1.29, 1.82) is 0 Å². The zero-order chi connectivity index (χ0) is 15.2. The smallest absolute Gasteiger partial charge is 0.182 e. The fraction of sp³-hybridized carbons (Fsp3) is 0.500. The maximum atomic E-state index is 5.99. The van der Waals surface area contributed by atoms with Crippen LogP contribution in [-0.4, -0.2) is 39.5 Å². The van der Waals surface area contributed by atoms with Crippen LogP contribution in [0.25, 0.3) is 11.4 Å². The van der Waals surface area contributed by atoms with Crippen LogP contribution < -0.4 is 10.5 Å². The maximum Gasteiger partial charge on any atom is 0.182 e. The molecule has 1 aromatic carbocycles. The second-order valence-electron chi connectivity index (χ2n) is 4.64. The van der Waals surface area contributed by atoms with Crippen molar-refractivity contribution in [1.82, 2.24) is 20.2 Å². The van der Waals surface area contributed by atoms with Crippen molar-refractivity contribution in [2.45, 2.75) is 33.4 Å². The van der Waals surface area contributed by atoms with Gasteiger partial charge in [0.25, 0.3) is 0 Å². The van der Waals surface area contributed by atoms with Crippen molar-refractivity contribution in [2.24, 2.45) is 0 Å². The quantitative estimate of drug-likeness (QED) is 0.782. The predicted molar refractivity (Wildman–Crippen MR) is 79.9 cm³/mol. The van der Waals surface area contributed by atoms with Crippen LogP contribution in [0, 0.1) is 0 Å². The average Bonchev–Trinajstić information content (AvgIpc) is 2.89. The number of benzene rings is 1. The summed E-state index contributed by atoms with van der Waals surface area (Å²) in [5.74, 6) is 1.33. The molecule has 0 amide bonds. The number of nitrogens with zero attached hydrogens (tertiary/aromatic N) is 4. The van der Waals surface area contributed by atoms with Crippen LogP contribution >= 0.6 is 0 Å². The first kappa shape index (κ1) is 15.2. The van der Waals surface area contributed by atoms with Gasteiger partial charge in [-0.2, -0.15) is 0 Å². The Labute approximate surface area is 124 Å². The molecule has 2 rings (SSSR count). The predicted octanol–water partition coefficient (Wildman–Crippen LogP) is 1.75. The van der Waals surface area contributed by atoms with Crippen molar-refractivity contribution in [3.63, 3.8) is 0 Å². The molecule has 1 unspecified atom stereocenters. The van der Waals surface area contributed by atoms with E-state index in [4.69, 9.17) is 15.2 Å². The van der Waals surface area contributed by atoms with Crippen molar-refractivity contribution in [2.75, 3.05) is 18.9 Å². The van der Waals surface area contributed by atoms with E-state index >= 15 is 0 Å². The van der Waals surface area contributed by atoms with E-state index in [2.05, 4.69) is 15.5 Å². The van der Waals surface area contributed by atoms with Crippen molar-refractivity contribution >= 4 is 5.69 Å². The Morgan fingerprint density at radius 2 is 2.10 bits per heavy atom. The topological polar surface area (TPSA) is 88.1 Å². The van der Waals surface area contributed by atoms with Crippen molar-refractivity contribution in [3.8, 4) is 17.1 Å². The summed E-state index contributed by atoms with van der Waals surface area (Å²) in [5, 5.41) is 11.8. The molecule has 1 aromatic heterocycles. The van der Waals surface area contributed by atoms with E-state index < -0.39 is 0 Å². The van der Waals surface area contributed by atoms with Gasteiger partial charge in [0.15, 0.2) is 5.82 Å². The molecule has 7 heteroatoms. The number of nitrogen functional groups attached to an aromatic ring is 1. The number of rotatable bonds is 7. The monoisotopic (exact) mass is 291 g/mol. The molecule has 0 fully saturated rings. The second-order valence-corrected chi connectivity index (χ2v) is 4.64. The van der Waals surface area contributed by atoms with Gasteiger partial charge in [-0.15, -0.1) is 5.10 Å². The molecule has 0 spiro atoms. The minimum absolute atomic E-state index is 0.0392. The summed E-state index contributed by atoms with van der Waals surface area (Å²) in [6.45, 7) is 7.69. The highest BCUT2D eigenvalue weighted by Gasteiger charge is 2.13. The molecule has 1 heterocycles. The van der Waals surface area contributed by atoms with E-state index in [9.17, 15) is 0 Å². The number of aromatic nitrogens is 4. The number of hydrogen-bond donors (Lipinski definition) is 1. The van der Waals surface area contributed by atoms with Gasteiger partial charge in [-0.3, -0.25) is 0 Å². The molecule has 0 aliphatic heterocycles. The van der Waals surface area contributed by atoms with Crippen LogP contribution in [0.4, 0.5) is 5.69 Å². The Morgan fingerprint density at radius 1 is 1.29 bits per heavy atom. The third-order valence-electron chi connectivity index (χ3n) is 2.98. The zero-order valence-corrected chi connectivity index (χ0v) is 12.6. The van der Waals surface area contributed by atoms with Crippen LogP contribution in [0.3, 0.4) is 0 Å². The summed E-state index contributed by atoms with van der Waals surface area (Å²) in [5.41, 5.74) is 7.41. The lowest BCUT2D eigenvalue weighted by Crippen LogP contribution is -2.18. The highest BCUT2D eigenvalue weighted by atomic mass is 16.5. The Hall–Kier alpha value is -2.15. The van der Waals surface area contributed by atoms with Gasteiger partial charge in [0.05, 0.1) is 24.9 Å². The highest BCUT2D eigenvalue weighted by Crippen LogP contribution is 2.27. The van der Waals surface area contributed by atoms with Gasteiger partial charge in [-0.1, -0.05) is 0 Å². The third-order valence-corrected chi connectivity index (χ3v) is 2.98. The molecule has 114 valence electrons. The van der Waals surface area contributed by atoms with Gasteiger partial charge in [0.1, 0.15) is 5.75 Å². The lowest BCUT2D eigenvalue weighted by Gasteiger charge is -2.13. The molecule has 0 aliphatic rings. The molecule has 0 saturated carbocycles. The van der Waals surface area contributed by atoms with E-state index in [1.807, 2.05) is 39.0 Å². The minimum Gasteiger partial charge on any atom is -0.492 e. The summed E-state index contributed by atoms with van der Waals surface area (Å²) in [7, 11) is 0. The fourth-order valence-electron chi connectivity index (χ4n) is 2.09. The summed E-state index contributed by atoms with van der Waals surface area (Å²) < 4.78 is 12.7. The summed E-state index contributed by atoms with van der Waals surface area (Å²) >= 11 is 0. The molecular weight excluding hydrogens is 270 g/mol. The van der Waals surface area contributed by atoms with E-state index in [0.717, 1.165) is 5.56 Å². The Morgan fingerprint density at radius 3 is 2.76 bits per heavy atom. The Balaban J connectivity index is 2.22. The van der Waals surface area contributed by atoms with Crippen LogP contribution in [0.1, 0.15) is 20.8 Å². The molecule has 2 N–H and O–H groups in total. The molecule has 0 bridgehead atoms. The maximum absolute atomic E-state index is 5.99. The van der Waals surface area contributed by atoms with Gasteiger partial charge >= 0.3 is 0 Å². The van der Waals surface area contributed by atoms with E-state index in [0.29, 0.717) is 37.0 Å². The largest absolute Gasteiger partial charge is 0.492 e.